The largest absolute Gasteiger partial charge is 0.135 e. The molecular weight excluding hydrogens is 537 g/mol. The van der Waals surface area contributed by atoms with Gasteiger partial charge in [-0.15, -0.1) is 11.3 Å². The van der Waals surface area contributed by atoms with Crippen molar-refractivity contribution >= 4 is 63.8 Å². The molecule has 0 nitrogen and oxygen atoms in total. The van der Waals surface area contributed by atoms with Crippen molar-refractivity contribution in [2.45, 2.75) is 0 Å². The van der Waals surface area contributed by atoms with Crippen LogP contribution in [0, 0.1) is 0 Å². The van der Waals surface area contributed by atoms with E-state index in [1.165, 1.54) is 85.9 Å². The number of hydrogen-bond acceptors (Lipinski definition) is 1. The molecule has 0 fully saturated rings. The molecule has 0 aliphatic carbocycles. The summed E-state index contributed by atoms with van der Waals surface area (Å²) in [5.74, 6) is 0. The molecular formula is C42H26S. The van der Waals surface area contributed by atoms with Crippen LogP contribution in [0.15, 0.2) is 158 Å². The van der Waals surface area contributed by atoms with Crippen molar-refractivity contribution in [3.63, 3.8) is 0 Å². The number of thiophene rings is 1. The second-order valence-corrected chi connectivity index (χ2v) is 12.4. The minimum absolute atomic E-state index is 1.24. The monoisotopic (exact) mass is 562 g/mol. The lowest BCUT2D eigenvalue weighted by Gasteiger charge is -2.16. The van der Waals surface area contributed by atoms with Crippen LogP contribution in [0.2, 0.25) is 0 Å². The Bertz CT molecular complexity index is 2480. The fourth-order valence-electron chi connectivity index (χ4n) is 6.79. The summed E-state index contributed by atoms with van der Waals surface area (Å²) in [6.07, 6.45) is 0. The SMILES string of the molecule is c1ccc(-c2ccc(-c3cc4c5ccccc5c(-c5ccc6c(c5)sc5ccccc56)cc4c4ccccc34)cc2)cc1. The lowest BCUT2D eigenvalue weighted by Crippen LogP contribution is -1.89. The van der Waals surface area contributed by atoms with E-state index in [2.05, 4.69) is 158 Å². The minimum Gasteiger partial charge on any atom is -0.135 e. The molecule has 0 aliphatic heterocycles. The molecule has 0 saturated heterocycles. The summed E-state index contributed by atoms with van der Waals surface area (Å²) >= 11 is 1.88. The summed E-state index contributed by atoms with van der Waals surface area (Å²) in [5.41, 5.74) is 7.53. The molecule has 1 heterocycles. The van der Waals surface area contributed by atoms with E-state index < -0.39 is 0 Å². The van der Waals surface area contributed by atoms with E-state index in [1.807, 2.05) is 11.3 Å². The van der Waals surface area contributed by atoms with Crippen molar-refractivity contribution in [2.24, 2.45) is 0 Å². The Morgan fingerprint density at radius 3 is 1.40 bits per heavy atom. The van der Waals surface area contributed by atoms with E-state index in [4.69, 9.17) is 0 Å². The summed E-state index contributed by atoms with van der Waals surface area (Å²) in [7, 11) is 0. The Kier molecular flexibility index (Phi) is 5.47. The number of hydrogen-bond donors (Lipinski definition) is 0. The average molecular weight is 563 g/mol. The zero-order chi connectivity index (χ0) is 28.3. The van der Waals surface area contributed by atoms with Gasteiger partial charge in [0.05, 0.1) is 0 Å². The zero-order valence-electron chi connectivity index (χ0n) is 23.4. The molecule has 0 saturated carbocycles. The molecule has 0 spiro atoms. The molecule has 0 unspecified atom stereocenters. The highest BCUT2D eigenvalue weighted by Gasteiger charge is 2.15. The molecule has 9 rings (SSSR count). The smallest absolute Gasteiger partial charge is 0.0361 e. The molecule has 0 bridgehead atoms. The Morgan fingerprint density at radius 2 is 0.721 bits per heavy atom. The van der Waals surface area contributed by atoms with E-state index in [1.54, 1.807) is 0 Å². The summed E-state index contributed by atoms with van der Waals surface area (Å²) in [6.45, 7) is 0. The lowest BCUT2D eigenvalue weighted by atomic mass is 9.87. The van der Waals surface area contributed by atoms with Gasteiger partial charge in [-0.2, -0.15) is 0 Å². The first kappa shape index (κ1) is 24.4. The first-order valence-corrected chi connectivity index (χ1v) is 15.6. The summed E-state index contributed by atoms with van der Waals surface area (Å²) in [5, 5.41) is 10.4. The number of fused-ring (bicyclic) bond motifs is 8. The Labute approximate surface area is 254 Å². The van der Waals surface area contributed by atoms with Crippen LogP contribution in [0.3, 0.4) is 0 Å². The maximum atomic E-state index is 2.43. The second-order valence-electron chi connectivity index (χ2n) is 11.3. The zero-order valence-corrected chi connectivity index (χ0v) is 24.2. The van der Waals surface area contributed by atoms with Gasteiger partial charge < -0.3 is 0 Å². The van der Waals surface area contributed by atoms with Crippen molar-refractivity contribution in [1.29, 1.82) is 0 Å². The minimum atomic E-state index is 1.24. The first-order chi connectivity index (χ1) is 21.3. The van der Waals surface area contributed by atoms with Crippen molar-refractivity contribution < 1.29 is 0 Å². The number of benzene rings is 8. The maximum absolute atomic E-state index is 2.43. The van der Waals surface area contributed by atoms with Crippen LogP contribution in [0.25, 0.3) is 85.9 Å². The van der Waals surface area contributed by atoms with Crippen LogP contribution >= 0.6 is 11.3 Å². The van der Waals surface area contributed by atoms with Crippen LogP contribution in [-0.4, -0.2) is 0 Å². The molecule has 43 heavy (non-hydrogen) atoms. The summed E-state index contributed by atoms with van der Waals surface area (Å²) in [4.78, 5) is 0. The van der Waals surface area contributed by atoms with Crippen molar-refractivity contribution in [3.8, 4) is 33.4 Å². The van der Waals surface area contributed by atoms with Crippen molar-refractivity contribution in [2.75, 3.05) is 0 Å². The fraction of sp³-hybridized carbons (Fsp3) is 0. The van der Waals surface area contributed by atoms with Crippen molar-refractivity contribution in [3.05, 3.63) is 158 Å². The van der Waals surface area contributed by atoms with Crippen LogP contribution in [0.4, 0.5) is 0 Å². The van der Waals surface area contributed by atoms with Gasteiger partial charge >= 0.3 is 0 Å². The predicted octanol–water partition coefficient (Wildman–Crippen LogP) is 12.5. The van der Waals surface area contributed by atoms with E-state index in [9.17, 15) is 0 Å². The van der Waals surface area contributed by atoms with Gasteiger partial charge in [-0.3, -0.25) is 0 Å². The van der Waals surface area contributed by atoms with Gasteiger partial charge in [-0.05, 0) is 90.0 Å². The maximum Gasteiger partial charge on any atom is 0.0361 e. The van der Waals surface area contributed by atoms with Gasteiger partial charge in [0.15, 0.2) is 0 Å². The third-order valence-corrected chi connectivity index (χ3v) is 10.0. The Hall–Kier alpha value is -5.24. The van der Waals surface area contributed by atoms with Crippen LogP contribution in [0.5, 0.6) is 0 Å². The van der Waals surface area contributed by atoms with Gasteiger partial charge in [0, 0.05) is 20.2 Å². The molecule has 9 aromatic rings. The first-order valence-electron chi connectivity index (χ1n) is 14.8. The normalized spacial score (nSPS) is 11.7. The van der Waals surface area contributed by atoms with Gasteiger partial charge in [-0.25, -0.2) is 0 Å². The molecule has 0 atom stereocenters. The lowest BCUT2D eigenvalue weighted by molar-refractivity contribution is 1.61. The fourth-order valence-corrected chi connectivity index (χ4v) is 7.94. The number of rotatable bonds is 3. The third-order valence-electron chi connectivity index (χ3n) is 8.88. The predicted molar refractivity (Wildman–Crippen MR) is 188 cm³/mol. The quantitative estimate of drug-likeness (QED) is 0.188. The molecule has 0 amide bonds. The third kappa shape index (κ3) is 3.90. The van der Waals surface area contributed by atoms with Gasteiger partial charge in [0.2, 0.25) is 0 Å². The van der Waals surface area contributed by atoms with Gasteiger partial charge in [-0.1, -0.05) is 133 Å². The topological polar surface area (TPSA) is 0 Å². The van der Waals surface area contributed by atoms with E-state index in [0.29, 0.717) is 0 Å². The second kappa shape index (κ2) is 9.66. The van der Waals surface area contributed by atoms with Crippen LogP contribution in [-0.2, 0) is 0 Å². The van der Waals surface area contributed by atoms with Crippen LogP contribution in [0.1, 0.15) is 0 Å². The molecule has 0 N–H and O–H groups in total. The van der Waals surface area contributed by atoms with E-state index >= 15 is 0 Å². The van der Waals surface area contributed by atoms with E-state index in [0.717, 1.165) is 0 Å². The standard InChI is InChI=1S/C42H26S/c1-2-10-27(11-3-1)28-18-20-29(21-19-28)37-25-39-34-15-7-5-13-32(34)38(26-40(39)33-14-6-4-12-31(33)37)30-22-23-36-35-16-8-9-17-41(35)43-42(36)24-30/h1-26H. The summed E-state index contributed by atoms with van der Waals surface area (Å²) in [6, 6.07) is 58.0. The summed E-state index contributed by atoms with van der Waals surface area (Å²) < 4.78 is 2.68. The van der Waals surface area contributed by atoms with Gasteiger partial charge in [0.25, 0.3) is 0 Å². The Morgan fingerprint density at radius 1 is 0.256 bits per heavy atom. The van der Waals surface area contributed by atoms with Crippen molar-refractivity contribution in [1.82, 2.24) is 0 Å². The van der Waals surface area contributed by atoms with E-state index in [-0.39, 0.29) is 0 Å². The highest BCUT2D eigenvalue weighted by molar-refractivity contribution is 7.25. The molecule has 1 heteroatoms. The molecule has 0 radical (unpaired) electrons. The molecule has 1 aromatic heterocycles. The van der Waals surface area contributed by atoms with Gasteiger partial charge in [0.1, 0.15) is 0 Å². The highest BCUT2D eigenvalue weighted by atomic mass is 32.1. The highest BCUT2D eigenvalue weighted by Crippen LogP contribution is 2.43. The molecule has 0 aliphatic rings. The Balaban J connectivity index is 1.28. The average Bonchev–Trinajstić information content (AvgIpc) is 3.46. The van der Waals surface area contributed by atoms with Crippen LogP contribution < -0.4 is 0 Å². The molecule has 8 aromatic carbocycles. The molecule has 200 valence electrons.